The van der Waals surface area contributed by atoms with Crippen molar-refractivity contribution >= 4 is 45.8 Å². The second-order valence-electron chi connectivity index (χ2n) is 15.5. The molecule has 60 heavy (non-hydrogen) atoms. The van der Waals surface area contributed by atoms with Crippen LogP contribution in [-0.2, 0) is 25.7 Å². The summed E-state index contributed by atoms with van der Waals surface area (Å²) >= 11 is 8.96. The normalized spacial score (nSPS) is 16.7. The number of halogens is 2. The summed E-state index contributed by atoms with van der Waals surface area (Å²) in [4.78, 5) is 21.3. The molecule has 0 spiro atoms. The Morgan fingerprint density at radius 2 is 1.08 bits per heavy atom. The monoisotopic (exact) mass is 903 g/mol. The zero-order valence-electron chi connectivity index (χ0n) is 35.0. The third-order valence-corrected chi connectivity index (χ3v) is 11.7. The third kappa shape index (κ3) is 18.3. The van der Waals surface area contributed by atoms with E-state index in [2.05, 4.69) is 65.1 Å². The molecule has 13 heteroatoms. The van der Waals surface area contributed by atoms with Gasteiger partial charge in [0.25, 0.3) is 0 Å². The van der Waals surface area contributed by atoms with Crippen LogP contribution in [0.15, 0.2) is 88.5 Å². The van der Waals surface area contributed by atoms with Crippen LogP contribution >= 0.6 is 27.5 Å². The molecule has 10 nitrogen and oxygen atoms in total. The Hall–Kier alpha value is -3.36. The van der Waals surface area contributed by atoms with Gasteiger partial charge in [0, 0.05) is 35.4 Å². The highest BCUT2D eigenvalue weighted by Gasteiger charge is 2.19. The van der Waals surface area contributed by atoms with Gasteiger partial charge in [-0.15, -0.1) is 11.6 Å². The maximum absolute atomic E-state index is 9.00. The minimum Gasteiger partial charge on any atom is -0.422 e. The molecule has 0 amide bonds. The molecule has 0 saturated heterocycles. The Morgan fingerprint density at radius 3 is 1.55 bits per heavy atom. The first-order valence-corrected chi connectivity index (χ1v) is 23.1. The van der Waals surface area contributed by atoms with E-state index >= 15 is 0 Å². The van der Waals surface area contributed by atoms with E-state index in [0.29, 0.717) is 29.0 Å². The lowest BCUT2D eigenvalue weighted by Gasteiger charge is -2.21. The van der Waals surface area contributed by atoms with Crippen molar-refractivity contribution in [1.29, 1.82) is 0 Å². The number of hydrogen-bond donors (Lipinski definition) is 5. The van der Waals surface area contributed by atoms with Gasteiger partial charge in [-0.2, -0.15) is 0 Å². The molecule has 0 unspecified atom stereocenters. The van der Waals surface area contributed by atoms with E-state index in [-0.39, 0.29) is 19.8 Å². The highest BCUT2D eigenvalue weighted by molar-refractivity contribution is 9.10. The lowest BCUT2D eigenvalue weighted by molar-refractivity contribution is 0.276. The number of allylic oxidation sites excluding steroid dienone is 2. The quantitative estimate of drug-likeness (QED) is 0.0658. The van der Waals surface area contributed by atoms with Crippen molar-refractivity contribution in [1.82, 2.24) is 19.9 Å². The zero-order valence-corrected chi connectivity index (χ0v) is 37.4. The first-order chi connectivity index (χ1) is 29.3. The average molecular weight is 905 g/mol. The van der Waals surface area contributed by atoms with Crippen LogP contribution in [0.5, 0.6) is 0 Å². The van der Waals surface area contributed by atoms with E-state index in [1.54, 1.807) is 6.07 Å². The van der Waals surface area contributed by atoms with Gasteiger partial charge >= 0.3 is 7.12 Å². The summed E-state index contributed by atoms with van der Waals surface area (Å²) in [5.41, 5.74) is 8.60. The summed E-state index contributed by atoms with van der Waals surface area (Å²) in [6.07, 6.45) is 23.3. The number of nitrogens with zero attached hydrogens (tertiary/aromatic N) is 5. The number of hydrogen-bond acceptors (Lipinski definition) is 10. The van der Waals surface area contributed by atoms with Crippen LogP contribution < -0.4 is 0 Å². The van der Waals surface area contributed by atoms with Crippen LogP contribution in [0.3, 0.4) is 0 Å². The van der Waals surface area contributed by atoms with Crippen molar-refractivity contribution in [3.05, 3.63) is 123 Å². The number of alkyl halides is 1. The average Bonchev–Trinajstić information content (AvgIpc) is 3.33. The van der Waals surface area contributed by atoms with Gasteiger partial charge < -0.3 is 25.4 Å². The molecule has 0 bridgehead atoms. The topological polar surface area (TPSA) is 165 Å². The molecule has 5 heterocycles. The number of aliphatic hydroxyl groups excluding tert-OH is 3. The molecule has 4 aromatic heterocycles. The second-order valence-corrected chi connectivity index (χ2v) is 16.6. The molecule has 0 aromatic carbocycles. The van der Waals surface area contributed by atoms with Crippen LogP contribution in [0.4, 0.5) is 0 Å². The predicted molar refractivity (Wildman–Crippen MR) is 246 cm³/mol. The Balaban J connectivity index is 0.000000168. The van der Waals surface area contributed by atoms with Gasteiger partial charge in [0.15, 0.2) is 0 Å². The largest absolute Gasteiger partial charge is 0.503 e. The van der Waals surface area contributed by atoms with Crippen LogP contribution in [0.2, 0.25) is 0 Å². The first-order valence-electron chi connectivity index (χ1n) is 21.8. The fraction of sp³-hybridized carbons (Fsp3) is 0.511. The fourth-order valence-corrected chi connectivity index (χ4v) is 8.23. The maximum atomic E-state index is 9.00. The highest BCUT2D eigenvalue weighted by atomic mass is 79.9. The highest BCUT2D eigenvalue weighted by Crippen LogP contribution is 2.32. The SMILES string of the molecule is ClCc1cccc(C2CCCCC2)n1.OB(O)C1=NCCCC1.OCc1cccc(Br)n1.OCc1cccc(C2=CCCCC2)n1.OCc1cccc(C2CCCCC2)n1. The van der Waals surface area contributed by atoms with Crippen LogP contribution in [-0.4, -0.2) is 64.6 Å². The van der Waals surface area contributed by atoms with Gasteiger partial charge in [-0.1, -0.05) is 68.9 Å². The lowest BCUT2D eigenvalue weighted by Crippen LogP contribution is -2.27. The number of aromatic nitrogens is 4. The smallest absolute Gasteiger partial charge is 0.422 e. The Labute approximate surface area is 371 Å². The maximum Gasteiger partial charge on any atom is 0.503 e. The van der Waals surface area contributed by atoms with Crippen LogP contribution in [0, 0.1) is 0 Å². The molecule has 3 aliphatic carbocycles. The van der Waals surface area contributed by atoms with Gasteiger partial charge in [0.1, 0.15) is 4.60 Å². The van der Waals surface area contributed by atoms with Crippen molar-refractivity contribution in [3.8, 4) is 0 Å². The van der Waals surface area contributed by atoms with Gasteiger partial charge in [0.05, 0.1) is 54.2 Å². The van der Waals surface area contributed by atoms with Gasteiger partial charge in [0.2, 0.25) is 0 Å². The number of aliphatic imine (C=N–C) groups is 1. The lowest BCUT2D eigenvalue weighted by atomic mass is 9.79. The van der Waals surface area contributed by atoms with E-state index in [4.69, 9.17) is 37.0 Å². The molecule has 2 saturated carbocycles. The van der Waals surface area contributed by atoms with E-state index in [1.807, 2.05) is 48.5 Å². The van der Waals surface area contributed by atoms with E-state index in [1.165, 1.54) is 100 Å². The summed E-state index contributed by atoms with van der Waals surface area (Å²) in [6, 6.07) is 23.5. The first kappa shape index (κ1) is 49.3. The Bertz CT molecular complexity index is 1810. The summed E-state index contributed by atoms with van der Waals surface area (Å²) in [6.45, 7) is 0.841. The molecular formula is C47H64BBrClN5O5. The summed E-state index contributed by atoms with van der Waals surface area (Å²) in [5, 5.41) is 43.8. The molecule has 0 radical (unpaired) electrons. The molecule has 8 rings (SSSR count). The molecule has 0 atom stereocenters. The number of rotatable bonds is 8. The zero-order chi connectivity index (χ0) is 42.8. The molecule has 4 aromatic rings. The summed E-state index contributed by atoms with van der Waals surface area (Å²) < 4.78 is 0.758. The number of pyridine rings is 4. The Morgan fingerprint density at radius 1 is 0.567 bits per heavy atom. The minimum atomic E-state index is -1.31. The number of aliphatic hydroxyl groups is 3. The molecular weight excluding hydrogens is 841 g/mol. The van der Waals surface area contributed by atoms with E-state index < -0.39 is 7.12 Å². The summed E-state index contributed by atoms with van der Waals surface area (Å²) in [5.74, 6) is 1.85. The molecule has 2 fully saturated rings. The third-order valence-electron chi connectivity index (χ3n) is 11.0. The van der Waals surface area contributed by atoms with Gasteiger partial charge in [-0.05, 0) is 141 Å². The second kappa shape index (κ2) is 29.0. The molecule has 5 N–H and O–H groups in total. The van der Waals surface area contributed by atoms with Crippen LogP contribution in [0.1, 0.15) is 161 Å². The van der Waals surface area contributed by atoms with Crippen molar-refractivity contribution in [2.45, 2.75) is 147 Å². The summed E-state index contributed by atoms with van der Waals surface area (Å²) in [7, 11) is -1.31. The van der Waals surface area contributed by atoms with Crippen LogP contribution in [0.25, 0.3) is 5.57 Å². The Kier molecular flexibility index (Phi) is 23.9. The predicted octanol–water partition coefficient (Wildman–Crippen LogP) is 9.98. The molecule has 324 valence electrons. The van der Waals surface area contributed by atoms with E-state index in [0.717, 1.165) is 59.6 Å². The van der Waals surface area contributed by atoms with Crippen molar-refractivity contribution in [2.24, 2.45) is 4.99 Å². The fourth-order valence-electron chi connectivity index (χ4n) is 7.70. The van der Waals surface area contributed by atoms with Crippen molar-refractivity contribution < 1.29 is 25.4 Å². The van der Waals surface area contributed by atoms with E-state index in [9.17, 15) is 0 Å². The minimum absolute atomic E-state index is 0.000556. The molecule has 4 aliphatic rings. The van der Waals surface area contributed by atoms with Gasteiger partial charge in [-0.3, -0.25) is 19.9 Å². The van der Waals surface area contributed by atoms with Crippen molar-refractivity contribution in [2.75, 3.05) is 6.54 Å². The molecule has 1 aliphatic heterocycles. The standard InChI is InChI=1S/C12H16ClN.C12H17NO.C12H15NO.C6H6BrNO.C5H10BNO2/c13-9-11-7-4-8-12(14-11)10-5-2-1-3-6-10;2*14-9-11-7-4-8-12(13-11)10-5-2-1-3-6-10;7-6-3-1-2-5(4-9)8-6;8-6(9)5-3-1-2-4-7-5/h4,7-8,10H,1-3,5-6,9H2;4,7-8,10,14H,1-3,5-6,9H2;4-5,7-8,14H,1-3,6,9H2;1-3,9H,4H2;8-9H,1-4H2. The van der Waals surface area contributed by atoms with Gasteiger partial charge in [-0.25, -0.2) is 4.98 Å². The van der Waals surface area contributed by atoms with Crippen molar-refractivity contribution in [3.63, 3.8) is 0 Å².